The highest BCUT2D eigenvalue weighted by molar-refractivity contribution is 7.24. The first-order valence-electron chi connectivity index (χ1n) is 7.71. The average Bonchev–Trinajstić information content (AvgIpc) is 2.65. The van der Waals surface area contributed by atoms with Gasteiger partial charge >= 0.3 is 5.97 Å². The second-order valence-corrected chi connectivity index (χ2v) is 6.59. The van der Waals surface area contributed by atoms with Crippen molar-refractivity contribution >= 4 is 37.5 Å². The summed E-state index contributed by atoms with van der Waals surface area (Å²) >= 11 is 1.76. The molecule has 0 saturated heterocycles. The van der Waals surface area contributed by atoms with Gasteiger partial charge in [-0.25, -0.2) is 4.79 Å². The van der Waals surface area contributed by atoms with Gasteiger partial charge in [0.2, 0.25) is 20.7 Å². The third kappa shape index (κ3) is 2.97. The van der Waals surface area contributed by atoms with Crippen molar-refractivity contribution in [2.24, 2.45) is 0 Å². The molecule has 0 aliphatic carbocycles. The number of ether oxygens (including phenoxy) is 1. The largest absolute Gasteiger partial charge is 1.00 e. The number of halogens is 1. The van der Waals surface area contributed by atoms with Gasteiger partial charge in [-0.3, -0.25) is 0 Å². The summed E-state index contributed by atoms with van der Waals surface area (Å²) in [6.45, 7) is 0. The van der Waals surface area contributed by atoms with Crippen LogP contribution in [0.15, 0.2) is 72.8 Å². The van der Waals surface area contributed by atoms with Crippen LogP contribution >= 0.6 is 11.3 Å². The van der Waals surface area contributed by atoms with Crippen molar-refractivity contribution in [3.05, 3.63) is 78.4 Å². The van der Waals surface area contributed by atoms with Crippen LogP contribution in [0.5, 0.6) is 0 Å². The van der Waals surface area contributed by atoms with Crippen LogP contribution in [-0.4, -0.2) is 13.1 Å². The van der Waals surface area contributed by atoms with Gasteiger partial charge in [0.15, 0.2) is 0 Å². The van der Waals surface area contributed by atoms with E-state index in [2.05, 4.69) is 24.3 Å². The maximum Gasteiger partial charge on any atom is 0.338 e. The van der Waals surface area contributed by atoms with Crippen LogP contribution in [-0.2, 0) is 4.74 Å². The van der Waals surface area contributed by atoms with Crippen LogP contribution in [0.25, 0.3) is 31.3 Å². The molecule has 0 aliphatic rings. The van der Waals surface area contributed by atoms with Gasteiger partial charge in [0.1, 0.15) is 0 Å². The number of carbonyl (C=O) groups excluding carboxylic acids is 1. The lowest BCUT2D eigenvalue weighted by atomic mass is 9.94. The van der Waals surface area contributed by atoms with Crippen molar-refractivity contribution in [1.82, 2.24) is 0 Å². The number of fused-ring (bicyclic) bond motifs is 2. The number of rotatable bonds is 2. The molecule has 0 N–H and O–H groups in total. The number of esters is 1. The van der Waals surface area contributed by atoms with Crippen LogP contribution in [0.1, 0.15) is 10.4 Å². The Balaban J connectivity index is 0.00000182. The molecule has 4 aromatic rings. The van der Waals surface area contributed by atoms with Gasteiger partial charge in [0.25, 0.3) is 0 Å². The first-order valence-corrected chi connectivity index (χ1v) is 8.52. The molecule has 0 saturated carbocycles. The number of hydrogen-bond acceptors (Lipinski definition) is 2. The standard InChI is InChI=1S/C21H15O2S.ClH/c1-23-21(22)15-9-3-2-8-14(15)20-16-10-4-6-12-18(16)24-19-13-7-5-11-17(19)20;/h2-13H,1H3;1H/q+1;/p-1. The van der Waals surface area contributed by atoms with Gasteiger partial charge < -0.3 is 17.1 Å². The highest BCUT2D eigenvalue weighted by Crippen LogP contribution is 2.40. The van der Waals surface area contributed by atoms with Gasteiger partial charge in [-0.1, -0.05) is 42.5 Å². The van der Waals surface area contributed by atoms with E-state index >= 15 is 0 Å². The Labute approximate surface area is 156 Å². The van der Waals surface area contributed by atoms with Gasteiger partial charge in [-0.05, 0) is 23.8 Å². The molecule has 4 heteroatoms. The highest BCUT2D eigenvalue weighted by Gasteiger charge is 2.21. The molecule has 0 aliphatic heterocycles. The Morgan fingerprint density at radius 1 is 0.800 bits per heavy atom. The molecular weight excluding hydrogens is 352 g/mol. The summed E-state index contributed by atoms with van der Waals surface area (Å²) in [6.07, 6.45) is 0. The van der Waals surface area contributed by atoms with E-state index in [1.54, 1.807) is 11.3 Å². The Morgan fingerprint density at radius 3 is 1.92 bits per heavy atom. The predicted octanol–water partition coefficient (Wildman–Crippen LogP) is 2.79. The number of methoxy groups -OCH3 is 1. The smallest absolute Gasteiger partial charge is 0.338 e. The molecule has 0 radical (unpaired) electrons. The molecule has 0 atom stereocenters. The third-order valence-corrected chi connectivity index (χ3v) is 5.29. The van der Waals surface area contributed by atoms with Gasteiger partial charge in [-0.2, -0.15) is 0 Å². The molecule has 4 rings (SSSR count). The maximum atomic E-state index is 12.3. The quantitative estimate of drug-likeness (QED) is 0.310. The van der Waals surface area contributed by atoms with Crippen LogP contribution in [0.2, 0.25) is 0 Å². The number of carbonyl (C=O) groups is 1. The number of hydrogen-bond donors (Lipinski definition) is 0. The van der Waals surface area contributed by atoms with Crippen molar-refractivity contribution in [2.45, 2.75) is 0 Å². The summed E-state index contributed by atoms with van der Waals surface area (Å²) in [4.78, 5) is 12.3. The Bertz CT molecular complexity index is 1020. The van der Waals surface area contributed by atoms with E-state index < -0.39 is 0 Å². The van der Waals surface area contributed by atoms with Crippen LogP contribution in [0.3, 0.4) is 0 Å². The first kappa shape index (κ1) is 17.3. The molecule has 0 amide bonds. The Hall–Kier alpha value is -2.49. The minimum atomic E-state index is -0.314. The lowest BCUT2D eigenvalue weighted by Gasteiger charge is -2.10. The fraction of sp³-hybridized carbons (Fsp3) is 0.0476. The third-order valence-electron chi connectivity index (χ3n) is 4.13. The summed E-state index contributed by atoms with van der Waals surface area (Å²) < 4.78 is 7.39. The van der Waals surface area contributed by atoms with Crippen molar-refractivity contribution < 1.29 is 21.9 Å². The second-order valence-electron chi connectivity index (χ2n) is 5.51. The predicted molar refractivity (Wildman–Crippen MR) is 101 cm³/mol. The summed E-state index contributed by atoms with van der Waals surface area (Å²) in [5.41, 5.74) is 2.58. The van der Waals surface area contributed by atoms with Crippen LogP contribution < -0.4 is 12.4 Å². The maximum absolute atomic E-state index is 12.3. The molecule has 25 heavy (non-hydrogen) atoms. The Kier molecular flexibility index (Phi) is 4.98. The second kappa shape index (κ2) is 7.18. The van der Waals surface area contributed by atoms with Gasteiger partial charge in [-0.15, -0.1) is 0 Å². The minimum absolute atomic E-state index is 0. The lowest BCUT2D eigenvalue weighted by molar-refractivity contribution is -0.0000192. The van der Waals surface area contributed by atoms with E-state index in [1.807, 2.05) is 48.5 Å². The molecule has 0 unspecified atom stereocenters. The first-order chi connectivity index (χ1) is 11.8. The van der Waals surface area contributed by atoms with Crippen molar-refractivity contribution in [3.8, 4) is 11.1 Å². The summed E-state index contributed by atoms with van der Waals surface area (Å²) in [6, 6.07) is 24.3. The molecule has 0 spiro atoms. The SMILES string of the molecule is COC(=O)c1ccccc1-c1c2ccccc2[s+]c2ccccc12.[Cl-]. The molecule has 2 nitrogen and oxygen atoms in total. The molecule has 3 aromatic carbocycles. The van der Waals surface area contributed by atoms with E-state index in [9.17, 15) is 4.79 Å². The zero-order valence-corrected chi connectivity index (χ0v) is 15.1. The zero-order chi connectivity index (χ0) is 16.5. The Morgan fingerprint density at radius 2 is 1.32 bits per heavy atom. The molecule has 1 aromatic heterocycles. The van der Waals surface area contributed by atoms with Gasteiger partial charge in [0, 0.05) is 28.5 Å². The molecule has 1 heterocycles. The van der Waals surface area contributed by atoms with E-state index in [-0.39, 0.29) is 18.4 Å². The average molecular weight is 367 g/mol. The fourth-order valence-corrected chi connectivity index (χ4v) is 4.16. The van der Waals surface area contributed by atoms with Crippen LogP contribution in [0.4, 0.5) is 0 Å². The lowest BCUT2D eigenvalue weighted by Crippen LogP contribution is -3.00. The summed E-state index contributed by atoms with van der Waals surface area (Å²) in [5.74, 6) is -0.314. The number of benzene rings is 3. The van der Waals surface area contributed by atoms with Crippen molar-refractivity contribution in [1.29, 1.82) is 0 Å². The minimum Gasteiger partial charge on any atom is -1.00 e. The fourth-order valence-electron chi connectivity index (χ4n) is 3.07. The van der Waals surface area contributed by atoms with E-state index in [1.165, 1.54) is 16.5 Å². The normalized spacial score (nSPS) is 10.4. The highest BCUT2D eigenvalue weighted by atomic mass is 35.5. The topological polar surface area (TPSA) is 26.3 Å². The summed E-state index contributed by atoms with van der Waals surface area (Å²) in [5, 5.41) is 2.30. The van der Waals surface area contributed by atoms with Crippen molar-refractivity contribution in [2.75, 3.05) is 7.11 Å². The monoisotopic (exact) mass is 366 g/mol. The molecule has 0 fully saturated rings. The van der Waals surface area contributed by atoms with E-state index in [0.29, 0.717) is 5.56 Å². The van der Waals surface area contributed by atoms with Crippen LogP contribution in [0, 0.1) is 0 Å². The molecule has 0 bridgehead atoms. The van der Waals surface area contributed by atoms with Crippen molar-refractivity contribution in [3.63, 3.8) is 0 Å². The summed E-state index contributed by atoms with van der Waals surface area (Å²) in [7, 11) is 1.42. The van der Waals surface area contributed by atoms with E-state index in [4.69, 9.17) is 4.74 Å². The van der Waals surface area contributed by atoms with Gasteiger partial charge in [0.05, 0.1) is 12.7 Å². The van der Waals surface area contributed by atoms with E-state index in [0.717, 1.165) is 21.9 Å². The molecular formula is C21H15ClO2S. The zero-order valence-electron chi connectivity index (χ0n) is 13.5. The molecule has 124 valence electrons.